The molecule has 0 bridgehead atoms. The Morgan fingerprint density at radius 2 is 2.25 bits per heavy atom. The minimum atomic E-state index is -1.11. The van der Waals surface area contributed by atoms with Crippen LogP contribution in [0.15, 0.2) is 18.2 Å². The van der Waals surface area contributed by atoms with Crippen LogP contribution in [0.1, 0.15) is 11.1 Å². The maximum Gasteiger partial charge on any atom is 0.115 e. The summed E-state index contributed by atoms with van der Waals surface area (Å²) in [6, 6.07) is 4.57. The van der Waals surface area contributed by atoms with E-state index in [2.05, 4.69) is 0 Å². The molecule has 0 aliphatic rings. The number of phenolic OH excluding ortho intramolecular Hbond substituents is 1. The van der Waals surface area contributed by atoms with Crippen LogP contribution in [-0.2, 0) is 11.2 Å². The van der Waals surface area contributed by atoms with Crippen LogP contribution in [0.25, 0.3) is 0 Å². The van der Waals surface area contributed by atoms with Crippen molar-refractivity contribution in [2.24, 2.45) is 0 Å². The lowest BCUT2D eigenvalue weighted by atomic mass is 10.1. The van der Waals surface area contributed by atoms with Gasteiger partial charge in [-0.1, -0.05) is 6.07 Å². The highest BCUT2D eigenvalue weighted by Gasteiger charge is 1.98. The lowest BCUT2D eigenvalue weighted by molar-refractivity contribution is -0.304. The molecule has 0 aliphatic carbocycles. The fourth-order valence-corrected chi connectivity index (χ4v) is 1.03. The van der Waals surface area contributed by atoms with Crippen LogP contribution >= 0.6 is 0 Å². The van der Waals surface area contributed by atoms with Gasteiger partial charge in [0.15, 0.2) is 0 Å². The van der Waals surface area contributed by atoms with Crippen LogP contribution in [0.2, 0.25) is 0 Å². The molecule has 1 N–H and O–H groups in total. The van der Waals surface area contributed by atoms with Gasteiger partial charge in [-0.3, -0.25) is 0 Å². The minimum absolute atomic E-state index is 0.105. The van der Waals surface area contributed by atoms with Crippen molar-refractivity contribution in [3.05, 3.63) is 29.3 Å². The number of hydrogen-bond acceptors (Lipinski definition) is 3. The molecule has 0 spiro atoms. The van der Waals surface area contributed by atoms with Gasteiger partial charge in [0, 0.05) is 12.4 Å². The van der Waals surface area contributed by atoms with Crippen molar-refractivity contribution in [2.75, 3.05) is 0 Å². The molecule has 1 rings (SSSR count). The second-order valence-corrected chi connectivity index (χ2v) is 2.66. The predicted molar refractivity (Wildman–Crippen MR) is 41.6 cm³/mol. The number of hydrogen-bond donors (Lipinski definition) is 1. The molecule has 0 aromatic heterocycles. The normalized spacial score (nSPS) is 9.75. The highest BCUT2D eigenvalue weighted by Crippen LogP contribution is 2.15. The molecule has 1 aromatic carbocycles. The Balaban J connectivity index is 2.93. The maximum atomic E-state index is 10.2. The molecule has 0 aliphatic heterocycles. The standard InChI is InChI=1S/C9H10O3/c1-6-4-8(10)3-2-7(6)5-9(11)12/h2-4,10H,5H2,1H3,(H,11,12)/p-1. The van der Waals surface area contributed by atoms with Gasteiger partial charge in [-0.25, -0.2) is 0 Å². The summed E-state index contributed by atoms with van der Waals surface area (Å²) < 4.78 is 0. The number of aliphatic carboxylic acids is 1. The molecule has 64 valence electrons. The number of aromatic hydroxyl groups is 1. The van der Waals surface area contributed by atoms with Crippen molar-refractivity contribution < 1.29 is 15.0 Å². The summed E-state index contributed by atoms with van der Waals surface area (Å²) in [6.45, 7) is 1.75. The molecule has 0 radical (unpaired) electrons. The van der Waals surface area contributed by atoms with E-state index in [1.54, 1.807) is 13.0 Å². The Bertz CT molecular complexity index is 305. The molecule has 1 aromatic rings. The number of carboxylic acid groups (broad SMARTS) is 1. The van der Waals surface area contributed by atoms with E-state index in [4.69, 9.17) is 5.11 Å². The van der Waals surface area contributed by atoms with Crippen molar-refractivity contribution in [3.8, 4) is 5.75 Å². The lowest BCUT2D eigenvalue weighted by Gasteiger charge is -2.06. The number of aryl methyl sites for hydroxylation is 1. The Hall–Kier alpha value is -1.51. The van der Waals surface area contributed by atoms with Crippen LogP contribution in [0.3, 0.4) is 0 Å². The Morgan fingerprint density at radius 1 is 1.58 bits per heavy atom. The van der Waals surface area contributed by atoms with Gasteiger partial charge < -0.3 is 15.0 Å². The summed E-state index contributed by atoms with van der Waals surface area (Å²) in [7, 11) is 0. The van der Waals surface area contributed by atoms with E-state index in [0.717, 1.165) is 5.56 Å². The first-order chi connectivity index (χ1) is 5.59. The van der Waals surface area contributed by atoms with Gasteiger partial charge in [0.1, 0.15) is 5.75 Å². The van der Waals surface area contributed by atoms with Gasteiger partial charge >= 0.3 is 0 Å². The fourth-order valence-electron chi connectivity index (χ4n) is 1.03. The number of phenols is 1. The first-order valence-electron chi connectivity index (χ1n) is 3.58. The van der Waals surface area contributed by atoms with E-state index in [1.807, 2.05) is 0 Å². The van der Waals surface area contributed by atoms with Gasteiger partial charge in [0.25, 0.3) is 0 Å². The summed E-state index contributed by atoms with van der Waals surface area (Å²) in [5.41, 5.74) is 1.44. The number of benzene rings is 1. The van der Waals surface area contributed by atoms with Gasteiger partial charge in [-0.15, -0.1) is 0 Å². The summed E-state index contributed by atoms with van der Waals surface area (Å²) >= 11 is 0. The summed E-state index contributed by atoms with van der Waals surface area (Å²) in [4.78, 5) is 10.2. The van der Waals surface area contributed by atoms with E-state index in [0.29, 0.717) is 5.56 Å². The molecule has 0 atom stereocenters. The molecular formula is C9H9O3-. The van der Waals surface area contributed by atoms with Crippen LogP contribution < -0.4 is 5.11 Å². The third kappa shape index (κ3) is 1.99. The molecule has 12 heavy (non-hydrogen) atoms. The van der Waals surface area contributed by atoms with E-state index >= 15 is 0 Å². The molecule has 0 fully saturated rings. The SMILES string of the molecule is Cc1cc(O)ccc1CC(=O)[O-]. The van der Waals surface area contributed by atoms with Gasteiger partial charge in [0.05, 0.1) is 0 Å². The van der Waals surface area contributed by atoms with Gasteiger partial charge in [0.2, 0.25) is 0 Å². The zero-order chi connectivity index (χ0) is 9.14. The summed E-state index contributed by atoms with van der Waals surface area (Å²) in [6.07, 6.45) is -0.105. The second-order valence-electron chi connectivity index (χ2n) is 2.66. The number of carbonyl (C=O) groups excluding carboxylic acids is 1. The lowest BCUT2D eigenvalue weighted by Crippen LogP contribution is -2.24. The van der Waals surface area contributed by atoms with E-state index in [9.17, 15) is 9.90 Å². The van der Waals surface area contributed by atoms with Crippen LogP contribution in [0.5, 0.6) is 5.75 Å². The average molecular weight is 165 g/mol. The predicted octanol–water partition coefficient (Wildman–Crippen LogP) is -0.00698. The zero-order valence-electron chi connectivity index (χ0n) is 6.70. The molecule has 3 heteroatoms. The van der Waals surface area contributed by atoms with Crippen molar-refractivity contribution >= 4 is 5.97 Å². The monoisotopic (exact) mass is 165 g/mol. The molecule has 3 nitrogen and oxygen atoms in total. The second kappa shape index (κ2) is 3.26. The molecule has 0 unspecified atom stereocenters. The van der Waals surface area contributed by atoms with Crippen LogP contribution in [-0.4, -0.2) is 11.1 Å². The van der Waals surface area contributed by atoms with Crippen LogP contribution in [0.4, 0.5) is 0 Å². The molecule has 0 heterocycles. The van der Waals surface area contributed by atoms with Gasteiger partial charge in [-0.2, -0.15) is 0 Å². The Labute approximate surface area is 70.3 Å². The highest BCUT2D eigenvalue weighted by molar-refractivity contribution is 5.68. The van der Waals surface area contributed by atoms with Crippen molar-refractivity contribution in [2.45, 2.75) is 13.3 Å². The van der Waals surface area contributed by atoms with E-state index in [-0.39, 0.29) is 12.2 Å². The summed E-state index contributed by atoms with van der Waals surface area (Å²) in [5.74, 6) is -0.960. The first kappa shape index (κ1) is 8.59. The minimum Gasteiger partial charge on any atom is -0.550 e. The highest BCUT2D eigenvalue weighted by atomic mass is 16.4. The molecule has 0 saturated carbocycles. The Morgan fingerprint density at radius 3 is 2.75 bits per heavy atom. The third-order valence-electron chi connectivity index (χ3n) is 1.66. The summed E-state index contributed by atoms with van der Waals surface area (Å²) in [5, 5.41) is 19.2. The average Bonchev–Trinajstić information content (AvgIpc) is 1.94. The van der Waals surface area contributed by atoms with Crippen molar-refractivity contribution in [1.82, 2.24) is 0 Å². The van der Waals surface area contributed by atoms with Gasteiger partial charge in [-0.05, 0) is 30.2 Å². The van der Waals surface area contributed by atoms with Crippen molar-refractivity contribution in [3.63, 3.8) is 0 Å². The zero-order valence-corrected chi connectivity index (χ0v) is 6.70. The maximum absolute atomic E-state index is 10.2. The topological polar surface area (TPSA) is 60.4 Å². The van der Waals surface area contributed by atoms with Crippen molar-refractivity contribution in [1.29, 1.82) is 0 Å². The Kier molecular flexibility index (Phi) is 2.33. The molecule has 0 saturated heterocycles. The van der Waals surface area contributed by atoms with Crippen LogP contribution in [0, 0.1) is 6.92 Å². The molecular weight excluding hydrogens is 156 g/mol. The quantitative estimate of drug-likeness (QED) is 0.670. The first-order valence-corrected chi connectivity index (χ1v) is 3.58. The third-order valence-corrected chi connectivity index (χ3v) is 1.66. The smallest absolute Gasteiger partial charge is 0.115 e. The number of rotatable bonds is 2. The molecule has 0 amide bonds. The van der Waals surface area contributed by atoms with E-state index < -0.39 is 5.97 Å². The van der Waals surface area contributed by atoms with E-state index in [1.165, 1.54) is 12.1 Å². The fraction of sp³-hybridized carbons (Fsp3) is 0.222. The number of carboxylic acids is 1. The number of carbonyl (C=O) groups is 1. The largest absolute Gasteiger partial charge is 0.550 e.